The topological polar surface area (TPSA) is 29.3 Å². The van der Waals surface area contributed by atoms with Crippen LogP contribution in [0.1, 0.15) is 16.7 Å². The van der Waals surface area contributed by atoms with Gasteiger partial charge in [0, 0.05) is 30.8 Å². The molecule has 0 saturated heterocycles. The molecule has 0 saturated carbocycles. The van der Waals surface area contributed by atoms with E-state index in [0.717, 1.165) is 22.8 Å². The fraction of sp³-hybridized carbons (Fsp3) is 0.250. The molecule has 0 unspecified atom stereocenters. The molecule has 0 atom stereocenters. The Balaban J connectivity index is 2.18. The summed E-state index contributed by atoms with van der Waals surface area (Å²) >= 11 is 6.20. The predicted molar refractivity (Wildman–Crippen MR) is 82.6 cm³/mol. The van der Waals surface area contributed by atoms with E-state index in [1.165, 1.54) is 11.1 Å². The molecular formula is C16H19ClN2. The van der Waals surface area contributed by atoms with Crippen molar-refractivity contribution in [2.75, 3.05) is 11.9 Å². The summed E-state index contributed by atoms with van der Waals surface area (Å²) in [4.78, 5) is 2.19. The van der Waals surface area contributed by atoms with Crippen molar-refractivity contribution in [2.45, 2.75) is 20.0 Å². The lowest BCUT2D eigenvalue weighted by Gasteiger charge is -2.21. The summed E-state index contributed by atoms with van der Waals surface area (Å²) in [7, 11) is 2.07. The first-order valence-corrected chi connectivity index (χ1v) is 6.73. The van der Waals surface area contributed by atoms with Gasteiger partial charge in [-0.3, -0.25) is 0 Å². The third-order valence-corrected chi connectivity index (χ3v) is 3.72. The van der Waals surface area contributed by atoms with Crippen molar-refractivity contribution in [2.24, 2.45) is 5.73 Å². The number of hydrogen-bond donors (Lipinski definition) is 1. The highest BCUT2D eigenvalue weighted by atomic mass is 35.5. The van der Waals surface area contributed by atoms with E-state index in [-0.39, 0.29) is 0 Å². The van der Waals surface area contributed by atoms with Gasteiger partial charge in [-0.15, -0.1) is 0 Å². The summed E-state index contributed by atoms with van der Waals surface area (Å²) < 4.78 is 0. The molecule has 0 fully saturated rings. The molecular weight excluding hydrogens is 256 g/mol. The second-order valence-electron chi connectivity index (χ2n) is 4.76. The zero-order valence-electron chi connectivity index (χ0n) is 11.4. The van der Waals surface area contributed by atoms with Crippen LogP contribution < -0.4 is 10.6 Å². The van der Waals surface area contributed by atoms with Gasteiger partial charge in [-0.05, 0) is 35.7 Å². The lowest BCUT2D eigenvalue weighted by atomic mass is 10.1. The Hall–Kier alpha value is -1.51. The minimum absolute atomic E-state index is 0.473. The van der Waals surface area contributed by atoms with Crippen LogP contribution in [0.25, 0.3) is 0 Å². The highest BCUT2D eigenvalue weighted by Crippen LogP contribution is 2.24. The van der Waals surface area contributed by atoms with Crippen LogP contribution in [-0.2, 0) is 13.1 Å². The van der Waals surface area contributed by atoms with Gasteiger partial charge in [-0.25, -0.2) is 0 Å². The van der Waals surface area contributed by atoms with Crippen LogP contribution in [0.5, 0.6) is 0 Å². The first-order chi connectivity index (χ1) is 9.11. The first kappa shape index (κ1) is 13.9. The lowest BCUT2D eigenvalue weighted by molar-refractivity contribution is 0.913. The van der Waals surface area contributed by atoms with E-state index in [1.807, 2.05) is 12.1 Å². The van der Waals surface area contributed by atoms with Gasteiger partial charge >= 0.3 is 0 Å². The highest BCUT2D eigenvalue weighted by molar-refractivity contribution is 6.31. The number of aryl methyl sites for hydroxylation is 1. The van der Waals surface area contributed by atoms with E-state index in [9.17, 15) is 0 Å². The van der Waals surface area contributed by atoms with Crippen molar-refractivity contribution in [3.63, 3.8) is 0 Å². The molecule has 0 aromatic heterocycles. The molecule has 0 spiro atoms. The third kappa shape index (κ3) is 3.28. The van der Waals surface area contributed by atoms with E-state index in [4.69, 9.17) is 17.3 Å². The number of halogens is 1. The number of nitrogens with zero attached hydrogens (tertiary/aromatic N) is 1. The van der Waals surface area contributed by atoms with Gasteiger partial charge in [0.15, 0.2) is 0 Å². The summed E-state index contributed by atoms with van der Waals surface area (Å²) in [5, 5.41) is 0.733. The summed E-state index contributed by atoms with van der Waals surface area (Å²) in [6.07, 6.45) is 0. The summed E-state index contributed by atoms with van der Waals surface area (Å²) in [5.41, 5.74) is 10.3. The molecule has 2 aromatic carbocycles. The molecule has 0 amide bonds. The molecule has 19 heavy (non-hydrogen) atoms. The molecule has 0 bridgehead atoms. The molecule has 2 aromatic rings. The van der Waals surface area contributed by atoms with Gasteiger partial charge in [-0.1, -0.05) is 41.9 Å². The molecule has 100 valence electrons. The second kappa shape index (κ2) is 6.09. The zero-order valence-corrected chi connectivity index (χ0v) is 12.1. The highest BCUT2D eigenvalue weighted by Gasteiger charge is 2.06. The van der Waals surface area contributed by atoms with Crippen LogP contribution in [0.4, 0.5) is 5.69 Å². The fourth-order valence-corrected chi connectivity index (χ4v) is 2.33. The predicted octanol–water partition coefficient (Wildman–Crippen LogP) is 3.74. The summed E-state index contributed by atoms with van der Waals surface area (Å²) in [6.45, 7) is 3.47. The molecule has 0 aliphatic carbocycles. The van der Waals surface area contributed by atoms with Crippen molar-refractivity contribution in [3.05, 3.63) is 64.2 Å². The average Bonchev–Trinajstić information content (AvgIpc) is 2.41. The molecule has 0 aliphatic heterocycles. The normalized spacial score (nSPS) is 10.5. The monoisotopic (exact) mass is 274 g/mol. The molecule has 0 heterocycles. The van der Waals surface area contributed by atoms with E-state index < -0.39 is 0 Å². The van der Waals surface area contributed by atoms with E-state index >= 15 is 0 Å². The number of benzene rings is 2. The maximum Gasteiger partial charge on any atom is 0.0471 e. The average molecular weight is 275 g/mol. The molecule has 2 nitrogen and oxygen atoms in total. The van der Waals surface area contributed by atoms with Gasteiger partial charge in [0.25, 0.3) is 0 Å². The summed E-state index contributed by atoms with van der Waals surface area (Å²) in [5.74, 6) is 0. The number of anilines is 1. The van der Waals surface area contributed by atoms with Crippen LogP contribution in [0.3, 0.4) is 0 Å². The fourth-order valence-electron chi connectivity index (χ4n) is 2.07. The molecule has 0 radical (unpaired) electrons. The minimum Gasteiger partial charge on any atom is -0.370 e. The van der Waals surface area contributed by atoms with Crippen LogP contribution in [0.2, 0.25) is 5.02 Å². The smallest absolute Gasteiger partial charge is 0.0471 e. The van der Waals surface area contributed by atoms with Crippen molar-refractivity contribution < 1.29 is 0 Å². The molecule has 2 rings (SSSR count). The third-order valence-electron chi connectivity index (χ3n) is 3.37. The van der Waals surface area contributed by atoms with Crippen molar-refractivity contribution in [1.82, 2.24) is 0 Å². The Morgan fingerprint density at radius 1 is 1.11 bits per heavy atom. The Morgan fingerprint density at radius 3 is 2.47 bits per heavy atom. The van der Waals surface area contributed by atoms with Gasteiger partial charge < -0.3 is 10.6 Å². The Kier molecular flexibility index (Phi) is 4.46. The number of hydrogen-bond acceptors (Lipinski definition) is 2. The van der Waals surface area contributed by atoms with Gasteiger partial charge in [-0.2, -0.15) is 0 Å². The number of nitrogens with two attached hydrogens (primary N) is 1. The standard InChI is InChI=1S/C16H19ClN2/c1-12-5-3-4-6-14(12)11-19(2)15-8-7-13(10-18)16(17)9-15/h3-9H,10-11,18H2,1-2H3. The van der Waals surface area contributed by atoms with Crippen LogP contribution >= 0.6 is 11.6 Å². The maximum atomic E-state index is 6.20. The van der Waals surface area contributed by atoms with E-state index in [0.29, 0.717) is 6.54 Å². The Morgan fingerprint density at radius 2 is 1.84 bits per heavy atom. The van der Waals surface area contributed by atoms with E-state index in [1.54, 1.807) is 0 Å². The SMILES string of the molecule is Cc1ccccc1CN(C)c1ccc(CN)c(Cl)c1. The largest absolute Gasteiger partial charge is 0.370 e. The summed E-state index contributed by atoms with van der Waals surface area (Å²) in [6, 6.07) is 14.4. The molecule has 2 N–H and O–H groups in total. The van der Waals surface area contributed by atoms with Gasteiger partial charge in [0.05, 0.1) is 0 Å². The van der Waals surface area contributed by atoms with Crippen molar-refractivity contribution >= 4 is 17.3 Å². The number of rotatable bonds is 4. The van der Waals surface area contributed by atoms with Crippen LogP contribution in [-0.4, -0.2) is 7.05 Å². The maximum absolute atomic E-state index is 6.20. The van der Waals surface area contributed by atoms with Crippen LogP contribution in [0, 0.1) is 6.92 Å². The molecule has 0 aliphatic rings. The quantitative estimate of drug-likeness (QED) is 0.920. The minimum atomic E-state index is 0.473. The Bertz CT molecular complexity index is 566. The second-order valence-corrected chi connectivity index (χ2v) is 5.17. The molecule has 3 heteroatoms. The lowest BCUT2D eigenvalue weighted by Crippen LogP contribution is -2.17. The van der Waals surface area contributed by atoms with E-state index in [2.05, 4.69) is 49.2 Å². The Labute approximate surface area is 119 Å². The first-order valence-electron chi connectivity index (χ1n) is 6.36. The van der Waals surface area contributed by atoms with Crippen LogP contribution in [0.15, 0.2) is 42.5 Å². The van der Waals surface area contributed by atoms with Crippen molar-refractivity contribution in [3.8, 4) is 0 Å². The zero-order chi connectivity index (χ0) is 13.8. The van der Waals surface area contributed by atoms with Gasteiger partial charge in [0.2, 0.25) is 0 Å². The van der Waals surface area contributed by atoms with Gasteiger partial charge in [0.1, 0.15) is 0 Å². The van der Waals surface area contributed by atoms with Crippen molar-refractivity contribution in [1.29, 1.82) is 0 Å².